The summed E-state index contributed by atoms with van der Waals surface area (Å²) in [5.41, 5.74) is -5.70. The number of halogens is 6. The Hall–Kier alpha value is -0.730. The Morgan fingerprint density at radius 3 is 1.54 bits per heavy atom. The molecule has 13 heavy (non-hydrogen) atoms. The van der Waals surface area contributed by atoms with E-state index in [2.05, 4.69) is 0 Å². The largest absolute Gasteiger partial charge is 0.501 e. The van der Waals surface area contributed by atoms with Crippen LogP contribution in [-0.4, -0.2) is 20.1 Å². The van der Waals surface area contributed by atoms with Crippen molar-refractivity contribution in [1.82, 2.24) is 0 Å². The minimum Gasteiger partial charge on any atom is -0.215 e. The molecular formula is C4H2F6O2S. The van der Waals surface area contributed by atoms with Crippen LogP contribution in [0, 0.1) is 0 Å². The van der Waals surface area contributed by atoms with Crippen molar-refractivity contribution in [2.45, 2.75) is 11.7 Å². The van der Waals surface area contributed by atoms with Crippen LogP contribution >= 0.6 is 0 Å². The van der Waals surface area contributed by atoms with Crippen molar-refractivity contribution in [3.8, 4) is 0 Å². The van der Waals surface area contributed by atoms with E-state index in [0.717, 1.165) is 0 Å². The minimum absolute atomic E-state index is 0.924. The smallest absolute Gasteiger partial charge is 0.215 e. The van der Waals surface area contributed by atoms with Crippen LogP contribution in [0.4, 0.5) is 26.3 Å². The molecule has 0 heterocycles. The van der Waals surface area contributed by atoms with E-state index >= 15 is 0 Å². The van der Waals surface area contributed by atoms with Crippen molar-refractivity contribution in [2.24, 2.45) is 0 Å². The topological polar surface area (TPSA) is 34.1 Å². The summed E-state index contributed by atoms with van der Waals surface area (Å²) in [6.45, 7) is 0. The summed E-state index contributed by atoms with van der Waals surface area (Å²) >= 11 is 0. The molecule has 0 aromatic carbocycles. The molecule has 0 unspecified atom stereocenters. The van der Waals surface area contributed by atoms with Crippen molar-refractivity contribution >= 4 is 9.84 Å². The van der Waals surface area contributed by atoms with Crippen LogP contribution in [0.25, 0.3) is 0 Å². The van der Waals surface area contributed by atoms with Gasteiger partial charge in [0.15, 0.2) is 0 Å². The van der Waals surface area contributed by atoms with Gasteiger partial charge < -0.3 is 0 Å². The second-order valence-corrected chi connectivity index (χ2v) is 3.66. The maximum atomic E-state index is 11.4. The third-order valence-corrected chi connectivity index (χ3v) is 1.90. The molecular weight excluding hydrogens is 226 g/mol. The van der Waals surface area contributed by atoms with Crippen LogP contribution in [0.1, 0.15) is 0 Å². The fourth-order valence-electron chi connectivity index (χ4n) is 0.244. The second-order valence-electron chi connectivity index (χ2n) is 1.84. The predicted octanol–water partition coefficient (Wildman–Crippen LogP) is 2.00. The molecule has 0 saturated heterocycles. The third-order valence-electron chi connectivity index (χ3n) is 0.759. The van der Waals surface area contributed by atoms with Crippen molar-refractivity contribution in [3.05, 3.63) is 11.5 Å². The highest BCUT2D eigenvalue weighted by Gasteiger charge is 2.44. The highest BCUT2D eigenvalue weighted by atomic mass is 32.2. The summed E-state index contributed by atoms with van der Waals surface area (Å²) in [5, 5.41) is -0.924. The van der Waals surface area contributed by atoms with Crippen LogP contribution in [0.2, 0.25) is 0 Å². The lowest BCUT2D eigenvalue weighted by Gasteiger charge is -2.03. The first kappa shape index (κ1) is 12.3. The first-order valence-electron chi connectivity index (χ1n) is 2.53. The maximum Gasteiger partial charge on any atom is 0.501 e. The fraction of sp³-hybridized carbons (Fsp3) is 0.500. The lowest BCUT2D eigenvalue weighted by molar-refractivity contribution is -0.0798. The van der Waals surface area contributed by atoms with E-state index in [1.54, 1.807) is 0 Å². The van der Waals surface area contributed by atoms with Gasteiger partial charge in [-0.15, -0.1) is 0 Å². The molecule has 0 amide bonds. The molecule has 78 valence electrons. The Labute approximate surface area is 68.8 Å². The molecule has 0 aromatic rings. The molecule has 0 N–H and O–H groups in total. The SMILES string of the molecule is O=S(=O)(/C=C\C(F)(F)F)C(F)(F)F. The third kappa shape index (κ3) is 4.15. The summed E-state index contributed by atoms with van der Waals surface area (Å²) in [6.07, 6.45) is -6.08. The van der Waals surface area contributed by atoms with Crippen LogP contribution in [0.5, 0.6) is 0 Å². The van der Waals surface area contributed by atoms with E-state index in [9.17, 15) is 34.8 Å². The highest BCUT2D eigenvalue weighted by molar-refractivity contribution is 7.95. The van der Waals surface area contributed by atoms with Gasteiger partial charge in [0.25, 0.3) is 9.84 Å². The molecule has 0 bridgehead atoms. The highest BCUT2D eigenvalue weighted by Crippen LogP contribution is 2.26. The van der Waals surface area contributed by atoms with Gasteiger partial charge in [0, 0.05) is 11.5 Å². The zero-order valence-corrected chi connectivity index (χ0v) is 6.46. The number of sulfone groups is 1. The second kappa shape index (κ2) is 3.20. The standard InChI is InChI=1S/C4H2F6O2S/c5-3(6,7)1-2-13(11,12)4(8,9)10/h1-2H/b2-1-. The fourth-order valence-corrected chi connectivity index (χ4v) is 0.732. The molecule has 0 aliphatic heterocycles. The predicted molar refractivity (Wildman–Crippen MR) is 30.2 cm³/mol. The first-order valence-corrected chi connectivity index (χ1v) is 4.08. The molecule has 0 aromatic heterocycles. The Balaban J connectivity index is 4.85. The molecule has 0 spiro atoms. The van der Waals surface area contributed by atoms with E-state index in [1.807, 2.05) is 0 Å². The Bertz CT molecular complexity index is 294. The first-order chi connectivity index (χ1) is 5.46. The maximum absolute atomic E-state index is 11.4. The van der Waals surface area contributed by atoms with E-state index in [4.69, 9.17) is 0 Å². The van der Waals surface area contributed by atoms with E-state index in [0.29, 0.717) is 0 Å². The van der Waals surface area contributed by atoms with Gasteiger partial charge in [0.05, 0.1) is 0 Å². The molecule has 0 saturated carbocycles. The number of allylic oxidation sites excluding steroid dienone is 1. The van der Waals surface area contributed by atoms with Crippen LogP contribution in [0.15, 0.2) is 11.5 Å². The molecule has 0 radical (unpaired) electrons. The van der Waals surface area contributed by atoms with Gasteiger partial charge >= 0.3 is 11.7 Å². The van der Waals surface area contributed by atoms with Gasteiger partial charge in [-0.3, -0.25) is 0 Å². The summed E-state index contributed by atoms with van der Waals surface area (Å²) < 4.78 is 87.9. The Morgan fingerprint density at radius 2 is 1.31 bits per heavy atom. The van der Waals surface area contributed by atoms with Crippen molar-refractivity contribution in [1.29, 1.82) is 0 Å². The van der Waals surface area contributed by atoms with E-state index in [-0.39, 0.29) is 0 Å². The van der Waals surface area contributed by atoms with Gasteiger partial charge in [-0.1, -0.05) is 0 Å². The van der Waals surface area contributed by atoms with Crippen LogP contribution in [0.3, 0.4) is 0 Å². The summed E-state index contributed by atoms with van der Waals surface area (Å²) in [5.74, 6) is 0. The van der Waals surface area contributed by atoms with Gasteiger partial charge in [-0.25, -0.2) is 8.42 Å². The van der Waals surface area contributed by atoms with Gasteiger partial charge in [-0.05, 0) is 0 Å². The minimum atomic E-state index is -5.83. The van der Waals surface area contributed by atoms with Gasteiger partial charge in [0.1, 0.15) is 0 Å². The van der Waals surface area contributed by atoms with Crippen molar-refractivity contribution in [2.75, 3.05) is 0 Å². The summed E-state index contributed by atoms with van der Waals surface area (Å²) in [7, 11) is -5.83. The van der Waals surface area contributed by atoms with E-state index < -0.39 is 33.0 Å². The normalized spacial score (nSPS) is 15.2. The average Bonchev–Trinajstić information content (AvgIpc) is 1.79. The quantitative estimate of drug-likeness (QED) is 0.643. The van der Waals surface area contributed by atoms with Crippen molar-refractivity contribution < 1.29 is 34.8 Å². The number of alkyl halides is 6. The lowest BCUT2D eigenvalue weighted by atomic mass is 10.6. The molecule has 9 heteroatoms. The zero-order chi connectivity index (χ0) is 10.9. The molecule has 0 aliphatic carbocycles. The number of rotatable bonds is 1. The number of hydrogen-bond donors (Lipinski definition) is 0. The number of hydrogen-bond acceptors (Lipinski definition) is 2. The van der Waals surface area contributed by atoms with E-state index in [1.165, 1.54) is 0 Å². The zero-order valence-electron chi connectivity index (χ0n) is 5.65. The molecule has 2 nitrogen and oxygen atoms in total. The Morgan fingerprint density at radius 1 is 0.923 bits per heavy atom. The van der Waals surface area contributed by atoms with Gasteiger partial charge in [0.2, 0.25) is 0 Å². The van der Waals surface area contributed by atoms with Crippen molar-refractivity contribution in [3.63, 3.8) is 0 Å². The Kier molecular flexibility index (Phi) is 3.02. The van der Waals surface area contributed by atoms with Gasteiger partial charge in [-0.2, -0.15) is 26.3 Å². The molecule has 0 fully saturated rings. The van der Waals surface area contributed by atoms with Crippen LogP contribution in [-0.2, 0) is 9.84 Å². The van der Waals surface area contributed by atoms with Crippen LogP contribution < -0.4 is 0 Å². The molecule has 0 atom stereocenters. The lowest BCUT2D eigenvalue weighted by Crippen LogP contribution is -2.21. The average molecular weight is 228 g/mol. The summed E-state index contributed by atoms with van der Waals surface area (Å²) in [4.78, 5) is 0. The molecule has 0 rings (SSSR count). The molecule has 0 aliphatic rings. The summed E-state index contributed by atoms with van der Waals surface area (Å²) in [6, 6.07) is 0. The monoisotopic (exact) mass is 228 g/mol.